The van der Waals surface area contributed by atoms with Gasteiger partial charge in [0.25, 0.3) is 5.69 Å². The monoisotopic (exact) mass is 290 g/mol. The molecule has 0 amide bonds. The molecule has 1 fully saturated rings. The van der Waals surface area contributed by atoms with Gasteiger partial charge in [0, 0.05) is 12.1 Å². The molecule has 2 rings (SSSR count). The van der Waals surface area contributed by atoms with Crippen LogP contribution >= 0.6 is 0 Å². The Morgan fingerprint density at radius 1 is 1.14 bits per heavy atom. The molecule has 0 heterocycles. The number of non-ortho nitro benzene ring substituents is 1. The number of hydrogen-bond donors (Lipinski definition) is 1. The van der Waals surface area contributed by atoms with Gasteiger partial charge < -0.3 is 5.73 Å². The Morgan fingerprint density at radius 2 is 1.71 bits per heavy atom. The largest absolute Gasteiger partial charge is 0.330 e. The molecule has 0 aromatic heterocycles. The SMILES string of the molecule is CC1(C)CCC(CN)(CCc2ccc([N+](=O)[O-])cc2)CC1. The van der Waals surface area contributed by atoms with Gasteiger partial charge in [-0.05, 0) is 61.5 Å². The molecular formula is C17H26N2O2. The third-order valence-electron chi connectivity index (χ3n) is 5.19. The van der Waals surface area contributed by atoms with Gasteiger partial charge in [-0.1, -0.05) is 26.0 Å². The fourth-order valence-electron chi connectivity index (χ4n) is 3.21. The summed E-state index contributed by atoms with van der Waals surface area (Å²) in [6.07, 6.45) is 6.91. The van der Waals surface area contributed by atoms with E-state index in [1.807, 2.05) is 12.1 Å². The maximum absolute atomic E-state index is 10.7. The Morgan fingerprint density at radius 3 is 2.19 bits per heavy atom. The lowest BCUT2D eigenvalue weighted by Crippen LogP contribution is -2.37. The quantitative estimate of drug-likeness (QED) is 0.656. The summed E-state index contributed by atoms with van der Waals surface area (Å²) in [5, 5.41) is 10.7. The maximum Gasteiger partial charge on any atom is 0.269 e. The second-order valence-electron chi connectivity index (χ2n) is 7.29. The van der Waals surface area contributed by atoms with Crippen molar-refractivity contribution in [3.63, 3.8) is 0 Å². The van der Waals surface area contributed by atoms with Crippen molar-refractivity contribution in [2.24, 2.45) is 16.6 Å². The Bertz CT molecular complexity index is 484. The van der Waals surface area contributed by atoms with Crippen LogP contribution in [0.15, 0.2) is 24.3 Å². The molecule has 4 heteroatoms. The van der Waals surface area contributed by atoms with Crippen molar-refractivity contribution in [3.05, 3.63) is 39.9 Å². The van der Waals surface area contributed by atoms with E-state index in [1.54, 1.807) is 12.1 Å². The van der Waals surface area contributed by atoms with Gasteiger partial charge in [-0.3, -0.25) is 10.1 Å². The molecule has 0 aliphatic heterocycles. The number of benzene rings is 1. The maximum atomic E-state index is 10.7. The van der Waals surface area contributed by atoms with Crippen LogP contribution < -0.4 is 5.73 Å². The molecule has 0 radical (unpaired) electrons. The third kappa shape index (κ3) is 4.03. The van der Waals surface area contributed by atoms with Gasteiger partial charge in [0.15, 0.2) is 0 Å². The second-order valence-corrected chi connectivity index (χ2v) is 7.29. The molecule has 1 saturated carbocycles. The molecule has 0 saturated heterocycles. The summed E-state index contributed by atoms with van der Waals surface area (Å²) in [5.74, 6) is 0. The molecule has 116 valence electrons. The number of nitrogens with zero attached hydrogens (tertiary/aromatic N) is 1. The first-order chi connectivity index (χ1) is 9.86. The summed E-state index contributed by atoms with van der Waals surface area (Å²) in [4.78, 5) is 10.3. The van der Waals surface area contributed by atoms with Crippen molar-refractivity contribution in [3.8, 4) is 0 Å². The van der Waals surface area contributed by atoms with Gasteiger partial charge in [0.1, 0.15) is 0 Å². The number of nitro benzene ring substituents is 1. The van der Waals surface area contributed by atoms with Crippen LogP contribution in [-0.4, -0.2) is 11.5 Å². The van der Waals surface area contributed by atoms with E-state index in [1.165, 1.54) is 31.2 Å². The van der Waals surface area contributed by atoms with Crippen molar-refractivity contribution < 1.29 is 4.92 Å². The molecule has 0 atom stereocenters. The van der Waals surface area contributed by atoms with Crippen LogP contribution in [0.25, 0.3) is 0 Å². The Hall–Kier alpha value is -1.42. The van der Waals surface area contributed by atoms with E-state index in [2.05, 4.69) is 13.8 Å². The molecule has 1 aliphatic carbocycles. The first-order valence-corrected chi connectivity index (χ1v) is 7.79. The average Bonchev–Trinajstić information content (AvgIpc) is 2.47. The van der Waals surface area contributed by atoms with Crippen LogP contribution in [0.4, 0.5) is 5.69 Å². The van der Waals surface area contributed by atoms with Crippen LogP contribution in [-0.2, 0) is 6.42 Å². The van der Waals surface area contributed by atoms with E-state index in [0.717, 1.165) is 19.4 Å². The summed E-state index contributed by atoms with van der Waals surface area (Å²) in [6.45, 7) is 5.42. The smallest absolute Gasteiger partial charge is 0.269 e. The standard InChI is InChI=1S/C17H26N2O2/c1-16(2)9-11-17(13-18,12-10-16)8-7-14-3-5-15(6-4-14)19(20)21/h3-6H,7-13,18H2,1-2H3. The van der Waals surface area contributed by atoms with Crippen molar-refractivity contribution >= 4 is 5.69 Å². The van der Waals surface area contributed by atoms with Crippen LogP contribution in [0, 0.1) is 20.9 Å². The summed E-state index contributed by atoms with van der Waals surface area (Å²) in [7, 11) is 0. The number of nitro groups is 1. The van der Waals surface area contributed by atoms with Gasteiger partial charge in [-0.2, -0.15) is 0 Å². The predicted molar refractivity (Wildman–Crippen MR) is 85.2 cm³/mol. The van der Waals surface area contributed by atoms with Gasteiger partial charge in [-0.15, -0.1) is 0 Å². The number of aryl methyl sites for hydroxylation is 1. The highest BCUT2D eigenvalue weighted by Crippen LogP contribution is 2.46. The average molecular weight is 290 g/mol. The van der Waals surface area contributed by atoms with Crippen molar-refractivity contribution in [2.45, 2.75) is 52.4 Å². The molecule has 1 aromatic rings. The van der Waals surface area contributed by atoms with Crippen LogP contribution in [0.5, 0.6) is 0 Å². The molecule has 21 heavy (non-hydrogen) atoms. The molecule has 1 aromatic carbocycles. The minimum atomic E-state index is -0.353. The molecule has 0 unspecified atom stereocenters. The second kappa shape index (κ2) is 6.14. The molecule has 1 aliphatic rings. The summed E-state index contributed by atoms with van der Waals surface area (Å²) in [5.41, 5.74) is 8.10. The topological polar surface area (TPSA) is 69.2 Å². The van der Waals surface area contributed by atoms with Crippen LogP contribution in [0.3, 0.4) is 0 Å². The number of nitrogens with two attached hydrogens (primary N) is 1. The zero-order valence-electron chi connectivity index (χ0n) is 13.1. The minimum Gasteiger partial charge on any atom is -0.330 e. The highest BCUT2D eigenvalue weighted by molar-refractivity contribution is 5.32. The van der Waals surface area contributed by atoms with Crippen molar-refractivity contribution in [2.75, 3.05) is 6.54 Å². The lowest BCUT2D eigenvalue weighted by atomic mass is 9.63. The highest BCUT2D eigenvalue weighted by atomic mass is 16.6. The first-order valence-electron chi connectivity index (χ1n) is 7.79. The summed E-state index contributed by atoms with van der Waals surface area (Å²) < 4.78 is 0. The van der Waals surface area contributed by atoms with Gasteiger partial charge in [-0.25, -0.2) is 0 Å². The normalized spacial score (nSPS) is 20.1. The Kier molecular flexibility index (Phi) is 4.67. The van der Waals surface area contributed by atoms with Gasteiger partial charge in [0.2, 0.25) is 0 Å². The Labute approximate surface area is 126 Å². The highest BCUT2D eigenvalue weighted by Gasteiger charge is 2.36. The Balaban J connectivity index is 1.96. The molecule has 2 N–H and O–H groups in total. The van der Waals surface area contributed by atoms with E-state index in [9.17, 15) is 10.1 Å². The number of rotatable bonds is 5. The predicted octanol–water partition coefficient (Wildman–Crippen LogP) is 4.07. The zero-order chi connectivity index (χ0) is 15.5. The lowest BCUT2D eigenvalue weighted by molar-refractivity contribution is -0.384. The van der Waals surface area contributed by atoms with E-state index < -0.39 is 0 Å². The van der Waals surface area contributed by atoms with Gasteiger partial charge in [0.05, 0.1) is 4.92 Å². The van der Waals surface area contributed by atoms with Gasteiger partial charge >= 0.3 is 0 Å². The lowest BCUT2D eigenvalue weighted by Gasteiger charge is -2.43. The minimum absolute atomic E-state index is 0.159. The summed E-state index contributed by atoms with van der Waals surface area (Å²) >= 11 is 0. The van der Waals surface area contributed by atoms with Crippen molar-refractivity contribution in [1.29, 1.82) is 0 Å². The fraction of sp³-hybridized carbons (Fsp3) is 0.647. The van der Waals surface area contributed by atoms with Crippen LogP contribution in [0.2, 0.25) is 0 Å². The van der Waals surface area contributed by atoms with Crippen LogP contribution in [0.1, 0.15) is 51.5 Å². The van der Waals surface area contributed by atoms with E-state index >= 15 is 0 Å². The zero-order valence-corrected chi connectivity index (χ0v) is 13.1. The van der Waals surface area contributed by atoms with E-state index in [4.69, 9.17) is 5.73 Å². The number of hydrogen-bond acceptors (Lipinski definition) is 3. The molecule has 0 spiro atoms. The molecule has 4 nitrogen and oxygen atoms in total. The third-order valence-corrected chi connectivity index (χ3v) is 5.19. The molecule has 0 bridgehead atoms. The fourth-order valence-corrected chi connectivity index (χ4v) is 3.21. The van der Waals surface area contributed by atoms with Crippen molar-refractivity contribution in [1.82, 2.24) is 0 Å². The van der Waals surface area contributed by atoms with E-state index in [0.29, 0.717) is 5.41 Å². The molecular weight excluding hydrogens is 264 g/mol. The first kappa shape index (κ1) is 16.0. The summed E-state index contributed by atoms with van der Waals surface area (Å²) in [6, 6.07) is 6.92. The van der Waals surface area contributed by atoms with E-state index in [-0.39, 0.29) is 16.0 Å².